The molecule has 16 heavy (non-hydrogen) atoms. The zero-order valence-corrected chi connectivity index (χ0v) is 9.97. The number of para-hydroxylation sites is 1. The van der Waals surface area contributed by atoms with Crippen molar-refractivity contribution in [3.05, 3.63) is 30.3 Å². The molecule has 0 unspecified atom stereocenters. The SMILES string of the molecule is C#C.CO.c1ccc(N2CCCCC2)cc1. The van der Waals surface area contributed by atoms with Gasteiger partial charge in [-0.1, -0.05) is 18.2 Å². The van der Waals surface area contributed by atoms with Gasteiger partial charge in [-0.25, -0.2) is 0 Å². The maximum absolute atomic E-state index is 7.00. The number of piperidine rings is 1. The van der Waals surface area contributed by atoms with Crippen LogP contribution in [0.1, 0.15) is 19.3 Å². The Morgan fingerprint density at radius 2 is 1.44 bits per heavy atom. The topological polar surface area (TPSA) is 23.5 Å². The molecule has 1 saturated heterocycles. The number of hydrogen-bond donors (Lipinski definition) is 1. The zero-order chi connectivity index (χ0) is 12.2. The maximum atomic E-state index is 7.00. The van der Waals surface area contributed by atoms with Gasteiger partial charge in [-0.05, 0) is 31.4 Å². The maximum Gasteiger partial charge on any atom is 0.0366 e. The van der Waals surface area contributed by atoms with Crippen molar-refractivity contribution in [3.8, 4) is 12.8 Å². The number of terminal acetylenes is 1. The fourth-order valence-corrected chi connectivity index (χ4v) is 1.79. The van der Waals surface area contributed by atoms with Crippen LogP contribution in [-0.2, 0) is 0 Å². The number of aliphatic hydroxyl groups excluding tert-OH is 1. The Hall–Kier alpha value is -1.46. The van der Waals surface area contributed by atoms with Gasteiger partial charge in [0.15, 0.2) is 0 Å². The van der Waals surface area contributed by atoms with Crippen LogP contribution in [0, 0.1) is 12.8 Å². The molecule has 1 aromatic carbocycles. The largest absolute Gasteiger partial charge is 0.400 e. The molecule has 88 valence electrons. The number of nitrogens with zero attached hydrogens (tertiary/aromatic N) is 1. The van der Waals surface area contributed by atoms with Crippen molar-refractivity contribution in [2.75, 3.05) is 25.1 Å². The number of benzene rings is 1. The van der Waals surface area contributed by atoms with E-state index in [1.165, 1.54) is 38.0 Å². The van der Waals surface area contributed by atoms with E-state index in [2.05, 4.69) is 48.1 Å². The Labute approximate surface area is 98.9 Å². The van der Waals surface area contributed by atoms with Gasteiger partial charge in [-0.3, -0.25) is 0 Å². The minimum Gasteiger partial charge on any atom is -0.400 e. The second-order valence-corrected chi connectivity index (χ2v) is 3.38. The molecule has 0 aliphatic carbocycles. The van der Waals surface area contributed by atoms with Crippen molar-refractivity contribution in [1.82, 2.24) is 0 Å². The van der Waals surface area contributed by atoms with Crippen LogP contribution in [0.2, 0.25) is 0 Å². The first-order chi connectivity index (χ1) is 7.97. The molecule has 1 aromatic rings. The van der Waals surface area contributed by atoms with Gasteiger partial charge < -0.3 is 10.0 Å². The molecule has 1 aliphatic heterocycles. The summed E-state index contributed by atoms with van der Waals surface area (Å²) in [6, 6.07) is 10.7. The van der Waals surface area contributed by atoms with Gasteiger partial charge in [-0.2, -0.15) is 0 Å². The first-order valence-corrected chi connectivity index (χ1v) is 5.55. The first-order valence-electron chi connectivity index (χ1n) is 5.55. The molecule has 0 aromatic heterocycles. The molecular formula is C14H21NO. The lowest BCUT2D eigenvalue weighted by Crippen LogP contribution is -2.29. The van der Waals surface area contributed by atoms with Gasteiger partial charge in [0, 0.05) is 25.9 Å². The molecule has 0 saturated carbocycles. The summed E-state index contributed by atoms with van der Waals surface area (Å²) in [6.07, 6.45) is 12.1. The van der Waals surface area contributed by atoms with Crippen LogP contribution in [0.5, 0.6) is 0 Å². The third-order valence-electron chi connectivity index (χ3n) is 2.48. The lowest BCUT2D eigenvalue weighted by molar-refractivity contribution is 0.399. The Morgan fingerprint density at radius 1 is 0.938 bits per heavy atom. The predicted molar refractivity (Wildman–Crippen MR) is 70.5 cm³/mol. The Bertz CT molecular complexity index is 263. The molecule has 1 aliphatic rings. The molecule has 0 spiro atoms. The van der Waals surface area contributed by atoms with E-state index in [9.17, 15) is 0 Å². The fourth-order valence-electron chi connectivity index (χ4n) is 1.79. The van der Waals surface area contributed by atoms with Crippen LogP contribution in [0.3, 0.4) is 0 Å². The molecule has 1 fully saturated rings. The van der Waals surface area contributed by atoms with Gasteiger partial charge in [0.2, 0.25) is 0 Å². The van der Waals surface area contributed by atoms with Crippen LogP contribution in [-0.4, -0.2) is 25.3 Å². The summed E-state index contributed by atoms with van der Waals surface area (Å²) in [5.74, 6) is 0. The summed E-state index contributed by atoms with van der Waals surface area (Å²) < 4.78 is 0. The van der Waals surface area contributed by atoms with Crippen LogP contribution in [0.15, 0.2) is 30.3 Å². The summed E-state index contributed by atoms with van der Waals surface area (Å²) >= 11 is 0. The third kappa shape index (κ3) is 4.86. The molecule has 2 heteroatoms. The second kappa shape index (κ2) is 10.1. The quantitative estimate of drug-likeness (QED) is 0.734. The molecule has 1 N–H and O–H groups in total. The molecule has 0 atom stereocenters. The zero-order valence-electron chi connectivity index (χ0n) is 9.97. The van der Waals surface area contributed by atoms with E-state index in [1.807, 2.05) is 0 Å². The van der Waals surface area contributed by atoms with Crippen molar-refractivity contribution in [2.24, 2.45) is 0 Å². The van der Waals surface area contributed by atoms with E-state index in [4.69, 9.17) is 5.11 Å². The highest BCUT2D eigenvalue weighted by atomic mass is 16.2. The molecular weight excluding hydrogens is 198 g/mol. The van der Waals surface area contributed by atoms with Gasteiger partial charge in [0.1, 0.15) is 0 Å². The van der Waals surface area contributed by atoms with Crippen molar-refractivity contribution >= 4 is 5.69 Å². The van der Waals surface area contributed by atoms with Gasteiger partial charge in [-0.15, -0.1) is 12.8 Å². The van der Waals surface area contributed by atoms with E-state index in [-0.39, 0.29) is 0 Å². The molecule has 0 amide bonds. The monoisotopic (exact) mass is 219 g/mol. The smallest absolute Gasteiger partial charge is 0.0366 e. The van der Waals surface area contributed by atoms with Crippen LogP contribution < -0.4 is 4.90 Å². The van der Waals surface area contributed by atoms with Gasteiger partial charge >= 0.3 is 0 Å². The number of aliphatic hydroxyl groups is 1. The summed E-state index contributed by atoms with van der Waals surface area (Å²) in [5, 5.41) is 7.00. The van der Waals surface area contributed by atoms with Gasteiger partial charge in [0.25, 0.3) is 0 Å². The normalized spacial score (nSPS) is 13.9. The van der Waals surface area contributed by atoms with Crippen LogP contribution in [0.4, 0.5) is 5.69 Å². The van der Waals surface area contributed by atoms with Crippen molar-refractivity contribution in [2.45, 2.75) is 19.3 Å². The van der Waals surface area contributed by atoms with Crippen molar-refractivity contribution in [1.29, 1.82) is 0 Å². The highest BCUT2D eigenvalue weighted by Crippen LogP contribution is 2.18. The lowest BCUT2D eigenvalue weighted by atomic mass is 10.1. The fraction of sp³-hybridized carbons (Fsp3) is 0.429. The first kappa shape index (κ1) is 14.5. The lowest BCUT2D eigenvalue weighted by Gasteiger charge is -2.28. The molecule has 0 radical (unpaired) electrons. The van der Waals surface area contributed by atoms with E-state index in [0.717, 1.165) is 7.11 Å². The molecule has 2 nitrogen and oxygen atoms in total. The molecule has 2 rings (SSSR count). The Kier molecular flexibility index (Phi) is 9.15. The van der Waals surface area contributed by atoms with Crippen molar-refractivity contribution in [3.63, 3.8) is 0 Å². The summed E-state index contributed by atoms with van der Waals surface area (Å²) in [7, 11) is 1.00. The summed E-state index contributed by atoms with van der Waals surface area (Å²) in [6.45, 7) is 2.48. The van der Waals surface area contributed by atoms with Crippen molar-refractivity contribution < 1.29 is 5.11 Å². The number of rotatable bonds is 1. The highest BCUT2D eigenvalue weighted by Gasteiger charge is 2.09. The van der Waals surface area contributed by atoms with E-state index in [1.54, 1.807) is 0 Å². The molecule has 0 bridgehead atoms. The van der Waals surface area contributed by atoms with E-state index >= 15 is 0 Å². The average Bonchev–Trinajstić information content (AvgIpc) is 2.45. The van der Waals surface area contributed by atoms with Crippen LogP contribution in [0.25, 0.3) is 0 Å². The summed E-state index contributed by atoms with van der Waals surface area (Å²) in [5.41, 5.74) is 1.39. The summed E-state index contributed by atoms with van der Waals surface area (Å²) in [4.78, 5) is 2.48. The standard InChI is InChI=1S/C11H15N.C2H2.CH4O/c1-3-7-11(8-4-1)12-9-5-2-6-10-12;2*1-2/h1,3-4,7-8H,2,5-6,9-10H2;1-2H;2H,1H3. The highest BCUT2D eigenvalue weighted by molar-refractivity contribution is 5.46. The average molecular weight is 219 g/mol. The van der Waals surface area contributed by atoms with Gasteiger partial charge in [0.05, 0.1) is 0 Å². The third-order valence-corrected chi connectivity index (χ3v) is 2.48. The minimum absolute atomic E-state index is 1.00. The second-order valence-electron chi connectivity index (χ2n) is 3.38. The predicted octanol–water partition coefficient (Wildman–Crippen LogP) is 2.53. The van der Waals surface area contributed by atoms with Crippen LogP contribution >= 0.6 is 0 Å². The molecule has 1 heterocycles. The minimum atomic E-state index is 1.00. The van der Waals surface area contributed by atoms with E-state index in [0.29, 0.717) is 0 Å². The number of hydrogen-bond acceptors (Lipinski definition) is 2. The Balaban J connectivity index is 0.000000509. The number of anilines is 1. The van der Waals surface area contributed by atoms with E-state index < -0.39 is 0 Å². The Morgan fingerprint density at radius 3 is 1.94 bits per heavy atom.